The summed E-state index contributed by atoms with van der Waals surface area (Å²) < 4.78 is 0. The van der Waals surface area contributed by atoms with Crippen LogP contribution in [-0.2, 0) is 0 Å². The van der Waals surface area contributed by atoms with Gasteiger partial charge in [0.05, 0.1) is 5.51 Å². The minimum Gasteiger partial charge on any atom is -0.508 e. The van der Waals surface area contributed by atoms with E-state index in [0.29, 0.717) is 17.9 Å². The highest BCUT2D eigenvalue weighted by molar-refractivity contribution is 7.07. The number of nitrogens with zero attached hydrogens (tertiary/aromatic N) is 2. The quantitative estimate of drug-likeness (QED) is 0.908. The van der Waals surface area contributed by atoms with E-state index >= 15 is 0 Å². The predicted molar refractivity (Wildman–Crippen MR) is 67.6 cm³/mol. The van der Waals surface area contributed by atoms with Gasteiger partial charge in [-0.25, -0.2) is 4.98 Å². The van der Waals surface area contributed by atoms with Crippen LogP contribution in [0.2, 0.25) is 0 Å². The van der Waals surface area contributed by atoms with Crippen molar-refractivity contribution in [1.29, 1.82) is 0 Å². The van der Waals surface area contributed by atoms with Gasteiger partial charge in [0.2, 0.25) is 0 Å². The number of carbonyl (C=O) groups excluding carboxylic acids is 1. The van der Waals surface area contributed by atoms with Crippen molar-refractivity contribution >= 4 is 22.9 Å². The third kappa shape index (κ3) is 2.45. The number of thiazole rings is 1. The second-order valence-electron chi connectivity index (χ2n) is 3.44. The zero-order chi connectivity index (χ0) is 12.3. The van der Waals surface area contributed by atoms with Gasteiger partial charge in [-0.1, -0.05) is 6.07 Å². The highest BCUT2D eigenvalue weighted by Crippen LogP contribution is 2.21. The van der Waals surface area contributed by atoms with E-state index < -0.39 is 0 Å². The Hall–Kier alpha value is -1.88. The van der Waals surface area contributed by atoms with E-state index in [4.69, 9.17) is 0 Å². The Morgan fingerprint density at radius 1 is 1.53 bits per heavy atom. The van der Waals surface area contributed by atoms with Crippen LogP contribution in [-0.4, -0.2) is 22.5 Å². The molecule has 1 heterocycles. The molecule has 17 heavy (non-hydrogen) atoms. The van der Waals surface area contributed by atoms with Crippen molar-refractivity contribution in [3.8, 4) is 5.75 Å². The van der Waals surface area contributed by atoms with Gasteiger partial charge in [-0.2, -0.15) is 0 Å². The predicted octanol–water partition coefficient (Wildman–Crippen LogP) is 2.52. The maximum absolute atomic E-state index is 12.1. The highest BCUT2D eigenvalue weighted by atomic mass is 32.1. The number of phenols is 1. The molecule has 0 fully saturated rings. The van der Waals surface area contributed by atoms with Gasteiger partial charge in [0.15, 0.2) is 0 Å². The monoisotopic (exact) mass is 248 g/mol. The van der Waals surface area contributed by atoms with Crippen LogP contribution in [0.5, 0.6) is 5.75 Å². The van der Waals surface area contributed by atoms with Crippen LogP contribution in [0.25, 0.3) is 0 Å². The Morgan fingerprint density at radius 3 is 2.94 bits per heavy atom. The molecule has 1 N–H and O–H groups in total. The highest BCUT2D eigenvalue weighted by Gasteiger charge is 2.17. The van der Waals surface area contributed by atoms with E-state index in [0.717, 1.165) is 0 Å². The van der Waals surface area contributed by atoms with Gasteiger partial charge in [0, 0.05) is 23.7 Å². The molecule has 1 amide bonds. The van der Waals surface area contributed by atoms with Crippen molar-refractivity contribution in [3.05, 3.63) is 40.8 Å². The third-order valence-corrected chi connectivity index (χ3v) is 2.94. The molecule has 5 heteroatoms. The molecule has 0 unspecified atom stereocenters. The van der Waals surface area contributed by atoms with Crippen LogP contribution < -0.4 is 4.90 Å². The van der Waals surface area contributed by atoms with Crippen LogP contribution in [0, 0.1) is 0 Å². The largest absolute Gasteiger partial charge is 0.508 e. The topological polar surface area (TPSA) is 53.4 Å². The van der Waals surface area contributed by atoms with Crippen molar-refractivity contribution in [3.63, 3.8) is 0 Å². The molecular formula is C12H12N2O2S. The summed E-state index contributed by atoms with van der Waals surface area (Å²) in [4.78, 5) is 17.7. The summed E-state index contributed by atoms with van der Waals surface area (Å²) in [5, 5.41) is 11.1. The summed E-state index contributed by atoms with van der Waals surface area (Å²) in [6.07, 6.45) is 0. The lowest BCUT2D eigenvalue weighted by molar-refractivity contribution is 0.0984. The van der Waals surface area contributed by atoms with Gasteiger partial charge in [0.25, 0.3) is 5.91 Å². The van der Waals surface area contributed by atoms with Crippen molar-refractivity contribution in [2.45, 2.75) is 6.92 Å². The van der Waals surface area contributed by atoms with Crippen molar-refractivity contribution in [2.24, 2.45) is 0 Å². The minimum atomic E-state index is -0.153. The summed E-state index contributed by atoms with van der Waals surface area (Å²) >= 11 is 1.39. The Bertz CT molecular complexity index is 511. The molecule has 2 rings (SSSR count). The van der Waals surface area contributed by atoms with E-state index in [1.807, 2.05) is 6.92 Å². The minimum absolute atomic E-state index is 0.145. The number of amides is 1. The van der Waals surface area contributed by atoms with Gasteiger partial charge in [0.1, 0.15) is 11.4 Å². The number of anilines is 1. The molecule has 4 nitrogen and oxygen atoms in total. The Labute approximate surface area is 103 Å². The molecule has 0 saturated carbocycles. The fourth-order valence-electron chi connectivity index (χ4n) is 1.56. The number of hydrogen-bond acceptors (Lipinski definition) is 4. The molecule has 1 aromatic heterocycles. The summed E-state index contributed by atoms with van der Waals surface area (Å²) in [5.74, 6) is -0.00798. The van der Waals surface area contributed by atoms with Crippen LogP contribution >= 0.6 is 11.3 Å². The lowest BCUT2D eigenvalue weighted by atomic mass is 10.2. The Balaban J connectivity index is 2.31. The summed E-state index contributed by atoms with van der Waals surface area (Å²) in [7, 11) is 0. The van der Waals surface area contributed by atoms with E-state index in [1.165, 1.54) is 11.3 Å². The Kier molecular flexibility index (Phi) is 3.39. The average Bonchev–Trinajstić information content (AvgIpc) is 2.83. The zero-order valence-corrected chi connectivity index (χ0v) is 10.1. The first-order valence-electron chi connectivity index (χ1n) is 5.21. The first kappa shape index (κ1) is 11.6. The number of hydrogen-bond donors (Lipinski definition) is 1. The molecule has 0 aliphatic rings. The normalized spacial score (nSPS) is 10.2. The zero-order valence-electron chi connectivity index (χ0n) is 9.33. The summed E-state index contributed by atoms with van der Waals surface area (Å²) in [6, 6.07) is 6.63. The Morgan fingerprint density at radius 2 is 2.35 bits per heavy atom. The van der Waals surface area contributed by atoms with E-state index in [-0.39, 0.29) is 11.7 Å². The lowest BCUT2D eigenvalue weighted by Crippen LogP contribution is -2.30. The second kappa shape index (κ2) is 4.97. The van der Waals surface area contributed by atoms with E-state index in [9.17, 15) is 9.90 Å². The van der Waals surface area contributed by atoms with Gasteiger partial charge in [-0.3, -0.25) is 4.79 Å². The molecule has 2 aromatic rings. The number of rotatable bonds is 3. The number of aromatic nitrogens is 1. The maximum Gasteiger partial charge on any atom is 0.277 e. The number of aromatic hydroxyl groups is 1. The SMILES string of the molecule is CCN(C(=O)c1cscn1)c1cccc(O)c1. The molecule has 0 spiro atoms. The molecule has 0 saturated heterocycles. The molecule has 0 atom stereocenters. The molecule has 0 aliphatic heterocycles. The second-order valence-corrected chi connectivity index (χ2v) is 4.16. The number of benzene rings is 1. The summed E-state index contributed by atoms with van der Waals surface area (Å²) in [5.41, 5.74) is 2.73. The first-order chi connectivity index (χ1) is 8.22. The van der Waals surface area contributed by atoms with E-state index in [1.54, 1.807) is 40.1 Å². The molecule has 0 radical (unpaired) electrons. The smallest absolute Gasteiger partial charge is 0.277 e. The number of phenolic OH excluding ortho intramolecular Hbond substituents is 1. The molecule has 0 bridgehead atoms. The van der Waals surface area contributed by atoms with Gasteiger partial charge in [-0.15, -0.1) is 11.3 Å². The first-order valence-corrected chi connectivity index (χ1v) is 6.15. The van der Waals surface area contributed by atoms with Gasteiger partial charge < -0.3 is 10.0 Å². The van der Waals surface area contributed by atoms with Gasteiger partial charge >= 0.3 is 0 Å². The lowest BCUT2D eigenvalue weighted by Gasteiger charge is -2.20. The standard InChI is InChI=1S/C12H12N2O2S/c1-2-14(9-4-3-5-10(15)6-9)12(16)11-7-17-8-13-11/h3-8,15H,2H2,1H3. The van der Waals surface area contributed by atoms with Crippen molar-refractivity contribution in [2.75, 3.05) is 11.4 Å². The fourth-order valence-corrected chi connectivity index (χ4v) is 2.09. The number of carbonyl (C=O) groups is 1. The maximum atomic E-state index is 12.1. The summed E-state index contributed by atoms with van der Waals surface area (Å²) in [6.45, 7) is 2.41. The molecule has 1 aromatic carbocycles. The average molecular weight is 248 g/mol. The molecular weight excluding hydrogens is 236 g/mol. The van der Waals surface area contributed by atoms with E-state index in [2.05, 4.69) is 4.98 Å². The molecule has 0 aliphatic carbocycles. The molecule has 88 valence electrons. The van der Waals surface area contributed by atoms with Crippen molar-refractivity contribution in [1.82, 2.24) is 4.98 Å². The van der Waals surface area contributed by atoms with Gasteiger partial charge in [-0.05, 0) is 19.1 Å². The van der Waals surface area contributed by atoms with Crippen LogP contribution in [0.1, 0.15) is 17.4 Å². The van der Waals surface area contributed by atoms with Crippen molar-refractivity contribution < 1.29 is 9.90 Å². The van der Waals surface area contributed by atoms with Crippen LogP contribution in [0.15, 0.2) is 35.2 Å². The fraction of sp³-hybridized carbons (Fsp3) is 0.167. The van der Waals surface area contributed by atoms with Crippen LogP contribution in [0.4, 0.5) is 5.69 Å². The van der Waals surface area contributed by atoms with Crippen LogP contribution in [0.3, 0.4) is 0 Å². The third-order valence-electron chi connectivity index (χ3n) is 2.35.